The maximum atomic E-state index is 11.7. The van der Waals surface area contributed by atoms with Gasteiger partial charge < -0.3 is 14.9 Å². The number of carbonyl (C=O) groups excluding carboxylic acids is 1. The first-order chi connectivity index (χ1) is 9.49. The molecule has 0 aliphatic heterocycles. The molecule has 2 aromatic rings. The summed E-state index contributed by atoms with van der Waals surface area (Å²) in [6.45, 7) is 0. The van der Waals surface area contributed by atoms with E-state index in [2.05, 4.69) is 15.0 Å². The number of carboxylic acids is 1. The number of nitrogens with one attached hydrogen (secondary N) is 1. The van der Waals surface area contributed by atoms with Gasteiger partial charge in [0.25, 0.3) is 11.6 Å². The van der Waals surface area contributed by atoms with Gasteiger partial charge in [-0.2, -0.15) is 0 Å². The molecule has 20 heavy (non-hydrogen) atoms. The molecule has 0 spiro atoms. The minimum absolute atomic E-state index is 0.0761. The second-order valence-corrected chi connectivity index (χ2v) is 3.63. The van der Waals surface area contributed by atoms with Gasteiger partial charge in [-0.3, -0.25) is 14.9 Å². The average molecular weight is 277 g/mol. The second-order valence-electron chi connectivity index (χ2n) is 3.63. The van der Waals surface area contributed by atoms with E-state index in [-0.39, 0.29) is 22.6 Å². The maximum Gasteiger partial charge on any atom is 0.337 e. The lowest BCUT2D eigenvalue weighted by Gasteiger charge is -2.06. The molecule has 0 aliphatic rings. The van der Waals surface area contributed by atoms with Crippen molar-refractivity contribution in [3.63, 3.8) is 0 Å². The molecule has 0 saturated carbocycles. The van der Waals surface area contributed by atoms with Crippen molar-refractivity contribution in [2.45, 2.75) is 0 Å². The van der Waals surface area contributed by atoms with Gasteiger partial charge in [-0.05, 0) is 6.07 Å². The minimum atomic E-state index is -1.32. The van der Waals surface area contributed by atoms with Crippen LogP contribution < -0.4 is 5.32 Å². The van der Waals surface area contributed by atoms with E-state index in [1.807, 2.05) is 0 Å². The Balaban J connectivity index is 2.37. The summed E-state index contributed by atoms with van der Waals surface area (Å²) in [6, 6.07) is 4.31. The van der Waals surface area contributed by atoms with Gasteiger partial charge in [0.05, 0.1) is 16.2 Å². The molecule has 0 saturated heterocycles. The summed E-state index contributed by atoms with van der Waals surface area (Å²) in [5.74, 6) is -2.06. The summed E-state index contributed by atoms with van der Waals surface area (Å²) in [7, 11) is 0. The highest BCUT2D eigenvalue weighted by molar-refractivity contribution is 6.06. The molecule has 0 aliphatic carbocycles. The summed E-state index contributed by atoms with van der Waals surface area (Å²) in [4.78, 5) is 32.7. The van der Waals surface area contributed by atoms with Crippen molar-refractivity contribution in [1.82, 2.24) is 5.16 Å². The average Bonchev–Trinajstić information content (AvgIpc) is 2.92. The number of nitrogens with zero attached hydrogens (tertiary/aromatic N) is 2. The Kier molecular flexibility index (Phi) is 3.42. The number of benzene rings is 1. The van der Waals surface area contributed by atoms with Crippen molar-refractivity contribution >= 4 is 23.3 Å². The number of anilines is 1. The van der Waals surface area contributed by atoms with E-state index < -0.39 is 16.8 Å². The van der Waals surface area contributed by atoms with Crippen LogP contribution in [0.1, 0.15) is 20.8 Å². The van der Waals surface area contributed by atoms with Crippen LogP contribution in [0.5, 0.6) is 0 Å². The number of nitro groups is 1. The summed E-state index contributed by atoms with van der Waals surface area (Å²) in [5.41, 5.74) is -0.884. The molecular weight excluding hydrogens is 270 g/mol. The number of aromatic carboxylic acids is 1. The molecule has 2 rings (SSSR count). The molecule has 102 valence electrons. The molecule has 9 nitrogen and oxygen atoms in total. The van der Waals surface area contributed by atoms with Gasteiger partial charge in [-0.15, -0.1) is 0 Å². The summed E-state index contributed by atoms with van der Waals surface area (Å²) >= 11 is 0. The molecule has 0 radical (unpaired) electrons. The van der Waals surface area contributed by atoms with Crippen molar-refractivity contribution in [3.05, 3.63) is 51.9 Å². The number of non-ortho nitro benzene ring substituents is 1. The maximum absolute atomic E-state index is 11.7. The fraction of sp³-hybridized carbons (Fsp3) is 0. The molecule has 2 N–H and O–H groups in total. The Morgan fingerprint density at radius 1 is 1.35 bits per heavy atom. The van der Waals surface area contributed by atoms with Crippen molar-refractivity contribution in [2.24, 2.45) is 0 Å². The molecule has 0 unspecified atom stereocenters. The highest BCUT2D eigenvalue weighted by Crippen LogP contribution is 2.23. The van der Waals surface area contributed by atoms with Crippen LogP contribution >= 0.6 is 0 Å². The first kappa shape index (κ1) is 13.2. The molecular formula is C11H7N3O6. The zero-order valence-corrected chi connectivity index (χ0v) is 9.77. The smallest absolute Gasteiger partial charge is 0.337 e. The highest BCUT2D eigenvalue weighted by atomic mass is 16.6. The van der Waals surface area contributed by atoms with Gasteiger partial charge in [-0.25, -0.2) is 4.79 Å². The normalized spacial score (nSPS) is 10.0. The fourth-order valence-electron chi connectivity index (χ4n) is 1.45. The van der Waals surface area contributed by atoms with Gasteiger partial charge in [0.15, 0.2) is 5.69 Å². The van der Waals surface area contributed by atoms with Crippen LogP contribution in [-0.4, -0.2) is 27.1 Å². The predicted molar refractivity (Wildman–Crippen MR) is 64.5 cm³/mol. The van der Waals surface area contributed by atoms with Crippen molar-refractivity contribution in [3.8, 4) is 0 Å². The molecule has 0 atom stereocenters. The molecule has 1 amide bonds. The van der Waals surface area contributed by atoms with Gasteiger partial charge in [0.2, 0.25) is 0 Å². The zero-order valence-electron chi connectivity index (χ0n) is 9.77. The Morgan fingerprint density at radius 3 is 2.65 bits per heavy atom. The summed E-state index contributed by atoms with van der Waals surface area (Å²) in [5, 5.41) is 25.3. The third-order valence-electron chi connectivity index (χ3n) is 2.36. The second kappa shape index (κ2) is 5.18. The number of hydrogen-bond donors (Lipinski definition) is 2. The Labute approximate surface area is 111 Å². The van der Waals surface area contributed by atoms with E-state index in [4.69, 9.17) is 5.11 Å². The molecule has 1 aromatic carbocycles. The van der Waals surface area contributed by atoms with E-state index in [0.29, 0.717) is 0 Å². The van der Waals surface area contributed by atoms with E-state index >= 15 is 0 Å². The van der Waals surface area contributed by atoms with Crippen molar-refractivity contribution in [2.75, 3.05) is 5.32 Å². The van der Waals surface area contributed by atoms with Crippen LogP contribution in [0, 0.1) is 10.1 Å². The monoisotopic (exact) mass is 277 g/mol. The third-order valence-corrected chi connectivity index (χ3v) is 2.36. The molecule has 0 fully saturated rings. The predicted octanol–water partition coefficient (Wildman–Crippen LogP) is 1.53. The Morgan fingerprint density at radius 2 is 2.10 bits per heavy atom. The molecule has 0 bridgehead atoms. The topological polar surface area (TPSA) is 136 Å². The van der Waals surface area contributed by atoms with Gasteiger partial charge in [-0.1, -0.05) is 5.16 Å². The first-order valence-corrected chi connectivity index (χ1v) is 5.22. The third kappa shape index (κ3) is 2.61. The first-order valence-electron chi connectivity index (χ1n) is 5.22. The van der Waals surface area contributed by atoms with E-state index in [0.717, 1.165) is 18.2 Å². The van der Waals surface area contributed by atoms with Gasteiger partial charge >= 0.3 is 5.97 Å². The number of amides is 1. The SMILES string of the molecule is O=C(Nc1cc([N+](=O)[O-])ccc1C(=O)O)c1ccon1. The zero-order chi connectivity index (χ0) is 14.7. The fourth-order valence-corrected chi connectivity index (χ4v) is 1.45. The van der Waals surface area contributed by atoms with Crippen LogP contribution in [0.15, 0.2) is 35.1 Å². The van der Waals surface area contributed by atoms with Crippen LogP contribution in [0.25, 0.3) is 0 Å². The number of hydrogen-bond acceptors (Lipinski definition) is 6. The number of carbonyl (C=O) groups is 2. The Bertz CT molecular complexity index is 679. The molecule has 1 heterocycles. The highest BCUT2D eigenvalue weighted by Gasteiger charge is 2.18. The lowest BCUT2D eigenvalue weighted by atomic mass is 10.1. The standard InChI is InChI=1S/C11H7N3O6/c15-10(8-3-4-20-13-8)12-9-5-6(14(18)19)1-2-7(9)11(16)17/h1-5H,(H,12,15)(H,16,17). The van der Waals surface area contributed by atoms with Crippen LogP contribution in [0.3, 0.4) is 0 Å². The minimum Gasteiger partial charge on any atom is -0.478 e. The lowest BCUT2D eigenvalue weighted by molar-refractivity contribution is -0.384. The molecule has 1 aromatic heterocycles. The van der Waals surface area contributed by atoms with Crippen LogP contribution in [0.4, 0.5) is 11.4 Å². The van der Waals surface area contributed by atoms with E-state index in [9.17, 15) is 19.7 Å². The largest absolute Gasteiger partial charge is 0.478 e. The van der Waals surface area contributed by atoms with E-state index in [1.54, 1.807) is 0 Å². The van der Waals surface area contributed by atoms with E-state index in [1.165, 1.54) is 12.3 Å². The number of rotatable bonds is 4. The quantitative estimate of drug-likeness (QED) is 0.638. The van der Waals surface area contributed by atoms with Gasteiger partial charge in [0.1, 0.15) is 6.26 Å². The molecule has 9 heteroatoms. The Hall–Kier alpha value is -3.23. The van der Waals surface area contributed by atoms with Crippen LogP contribution in [-0.2, 0) is 0 Å². The number of aromatic nitrogens is 1. The van der Waals surface area contributed by atoms with Crippen molar-refractivity contribution in [1.29, 1.82) is 0 Å². The number of nitro benzene ring substituents is 1. The lowest BCUT2D eigenvalue weighted by Crippen LogP contribution is -2.15. The van der Waals surface area contributed by atoms with Gasteiger partial charge in [0, 0.05) is 18.2 Å². The van der Waals surface area contributed by atoms with Crippen LogP contribution in [0.2, 0.25) is 0 Å². The van der Waals surface area contributed by atoms with Crippen molar-refractivity contribution < 1.29 is 24.1 Å². The summed E-state index contributed by atoms with van der Waals surface area (Å²) in [6.07, 6.45) is 1.17. The summed E-state index contributed by atoms with van der Waals surface area (Å²) < 4.78 is 4.48. The number of carboxylic acid groups (broad SMARTS) is 1.